The van der Waals surface area contributed by atoms with Crippen LogP contribution in [0.1, 0.15) is 40.3 Å². The van der Waals surface area contributed by atoms with Crippen molar-refractivity contribution in [1.29, 1.82) is 0 Å². The monoisotopic (exact) mass is 319 g/mol. The SMILES string of the molecule is Cc1n[nH]c(C)c1CCCN(C)Cc1c(C)nn(CCO)c1C. The molecule has 6 nitrogen and oxygen atoms in total. The highest BCUT2D eigenvalue weighted by Crippen LogP contribution is 2.16. The fraction of sp³-hybridized carbons (Fsp3) is 0.647. The number of aromatic nitrogens is 4. The largest absolute Gasteiger partial charge is 0.394 e. The van der Waals surface area contributed by atoms with Crippen LogP contribution in [-0.2, 0) is 19.5 Å². The number of aliphatic hydroxyl groups is 1. The molecule has 6 heteroatoms. The lowest BCUT2D eigenvalue weighted by molar-refractivity contribution is 0.267. The van der Waals surface area contributed by atoms with Gasteiger partial charge in [-0.25, -0.2) is 0 Å². The second-order valence-electron chi connectivity index (χ2n) is 6.35. The molecular formula is C17H29N5O. The molecule has 0 spiro atoms. The van der Waals surface area contributed by atoms with Crippen molar-refractivity contribution < 1.29 is 5.11 Å². The maximum atomic E-state index is 9.10. The van der Waals surface area contributed by atoms with Crippen molar-refractivity contribution in [1.82, 2.24) is 24.9 Å². The number of rotatable bonds is 8. The topological polar surface area (TPSA) is 70.0 Å². The highest BCUT2D eigenvalue weighted by Gasteiger charge is 2.13. The zero-order valence-electron chi connectivity index (χ0n) is 15.0. The first kappa shape index (κ1) is 17.7. The Bertz CT molecular complexity index is 624. The van der Waals surface area contributed by atoms with Gasteiger partial charge in [0.2, 0.25) is 0 Å². The average Bonchev–Trinajstić information content (AvgIpc) is 2.95. The summed E-state index contributed by atoms with van der Waals surface area (Å²) < 4.78 is 1.90. The molecule has 0 aromatic carbocycles. The zero-order chi connectivity index (χ0) is 17.0. The Balaban J connectivity index is 1.89. The van der Waals surface area contributed by atoms with E-state index in [1.807, 2.05) is 11.6 Å². The Morgan fingerprint density at radius 2 is 1.87 bits per heavy atom. The molecule has 0 aliphatic rings. The smallest absolute Gasteiger partial charge is 0.0644 e. The second kappa shape index (κ2) is 7.75. The van der Waals surface area contributed by atoms with E-state index in [2.05, 4.69) is 48.0 Å². The molecule has 2 rings (SSSR count). The van der Waals surface area contributed by atoms with E-state index in [0.29, 0.717) is 6.54 Å². The normalized spacial score (nSPS) is 11.6. The first-order valence-electron chi connectivity index (χ1n) is 8.26. The van der Waals surface area contributed by atoms with Crippen molar-refractivity contribution in [2.75, 3.05) is 20.2 Å². The van der Waals surface area contributed by atoms with Gasteiger partial charge in [0.1, 0.15) is 0 Å². The van der Waals surface area contributed by atoms with Gasteiger partial charge in [-0.15, -0.1) is 0 Å². The summed E-state index contributed by atoms with van der Waals surface area (Å²) >= 11 is 0. The number of aliphatic hydroxyl groups excluding tert-OH is 1. The molecule has 0 aliphatic heterocycles. The van der Waals surface area contributed by atoms with Crippen LogP contribution in [0.5, 0.6) is 0 Å². The lowest BCUT2D eigenvalue weighted by Crippen LogP contribution is -2.20. The average molecular weight is 319 g/mol. The van der Waals surface area contributed by atoms with Gasteiger partial charge in [-0.1, -0.05) is 0 Å². The second-order valence-corrected chi connectivity index (χ2v) is 6.35. The summed E-state index contributed by atoms with van der Waals surface area (Å²) in [5, 5.41) is 20.9. The molecule has 0 saturated carbocycles. The molecule has 0 atom stereocenters. The third-order valence-corrected chi connectivity index (χ3v) is 4.52. The summed E-state index contributed by atoms with van der Waals surface area (Å²) in [5.41, 5.74) is 7.14. The Labute approximate surface area is 138 Å². The highest BCUT2D eigenvalue weighted by molar-refractivity contribution is 5.25. The summed E-state index contributed by atoms with van der Waals surface area (Å²) in [5.74, 6) is 0. The van der Waals surface area contributed by atoms with E-state index < -0.39 is 0 Å². The van der Waals surface area contributed by atoms with Gasteiger partial charge in [-0.2, -0.15) is 10.2 Å². The molecule has 0 saturated heterocycles. The van der Waals surface area contributed by atoms with Crippen LogP contribution >= 0.6 is 0 Å². The van der Waals surface area contributed by atoms with Gasteiger partial charge < -0.3 is 10.0 Å². The molecule has 0 amide bonds. The Morgan fingerprint density at radius 3 is 2.48 bits per heavy atom. The number of nitrogens with one attached hydrogen (secondary N) is 1. The van der Waals surface area contributed by atoms with Crippen molar-refractivity contribution in [2.24, 2.45) is 0 Å². The lowest BCUT2D eigenvalue weighted by Gasteiger charge is -2.17. The first-order valence-corrected chi connectivity index (χ1v) is 8.26. The molecule has 128 valence electrons. The summed E-state index contributed by atoms with van der Waals surface area (Å²) in [4.78, 5) is 2.34. The van der Waals surface area contributed by atoms with Crippen molar-refractivity contribution in [3.8, 4) is 0 Å². The number of aryl methyl sites for hydroxylation is 3. The number of hydrogen-bond acceptors (Lipinski definition) is 4. The van der Waals surface area contributed by atoms with E-state index >= 15 is 0 Å². The fourth-order valence-electron chi connectivity index (χ4n) is 3.09. The van der Waals surface area contributed by atoms with Crippen LogP contribution < -0.4 is 0 Å². The Kier molecular flexibility index (Phi) is 5.96. The third kappa shape index (κ3) is 4.20. The molecule has 0 unspecified atom stereocenters. The fourth-order valence-corrected chi connectivity index (χ4v) is 3.09. The molecule has 0 aliphatic carbocycles. The van der Waals surface area contributed by atoms with Crippen molar-refractivity contribution in [3.63, 3.8) is 0 Å². The predicted molar refractivity (Wildman–Crippen MR) is 91.5 cm³/mol. The minimum atomic E-state index is 0.126. The van der Waals surface area contributed by atoms with E-state index in [1.54, 1.807) is 0 Å². The molecule has 0 bridgehead atoms. The van der Waals surface area contributed by atoms with E-state index in [4.69, 9.17) is 5.11 Å². The van der Waals surface area contributed by atoms with Crippen LogP contribution in [0.4, 0.5) is 0 Å². The molecule has 2 heterocycles. The van der Waals surface area contributed by atoms with Crippen LogP contribution in [0.15, 0.2) is 0 Å². The maximum absolute atomic E-state index is 9.10. The van der Waals surface area contributed by atoms with E-state index in [-0.39, 0.29) is 6.61 Å². The lowest BCUT2D eigenvalue weighted by atomic mass is 10.1. The maximum Gasteiger partial charge on any atom is 0.0644 e. The number of aromatic amines is 1. The van der Waals surface area contributed by atoms with Crippen LogP contribution in [0, 0.1) is 27.7 Å². The number of hydrogen-bond donors (Lipinski definition) is 2. The predicted octanol–water partition coefficient (Wildman–Crippen LogP) is 1.90. The number of H-pyrrole nitrogens is 1. The molecule has 2 N–H and O–H groups in total. The van der Waals surface area contributed by atoms with Gasteiger partial charge in [0.25, 0.3) is 0 Å². The van der Waals surface area contributed by atoms with Crippen LogP contribution in [-0.4, -0.2) is 50.2 Å². The summed E-state index contributed by atoms with van der Waals surface area (Å²) in [6.07, 6.45) is 2.17. The van der Waals surface area contributed by atoms with E-state index in [1.165, 1.54) is 16.8 Å². The molecular weight excluding hydrogens is 290 g/mol. The van der Waals surface area contributed by atoms with Crippen LogP contribution in [0.2, 0.25) is 0 Å². The van der Waals surface area contributed by atoms with Crippen molar-refractivity contribution in [2.45, 2.75) is 53.6 Å². The Hall–Kier alpha value is -1.66. The number of nitrogens with zero attached hydrogens (tertiary/aromatic N) is 4. The van der Waals surface area contributed by atoms with Gasteiger partial charge in [0.05, 0.1) is 24.5 Å². The standard InChI is InChI=1S/C17H29N5O/c1-12-16(13(2)19-18-12)7-6-8-21(5)11-17-14(3)20-22(9-10-23)15(17)4/h23H,6-11H2,1-5H3,(H,18,19). The first-order chi connectivity index (χ1) is 10.9. The molecule has 23 heavy (non-hydrogen) atoms. The van der Waals surface area contributed by atoms with Gasteiger partial charge in [-0.05, 0) is 59.7 Å². The van der Waals surface area contributed by atoms with Crippen LogP contribution in [0.3, 0.4) is 0 Å². The summed E-state index contributed by atoms with van der Waals surface area (Å²) in [7, 11) is 2.15. The minimum Gasteiger partial charge on any atom is -0.394 e. The van der Waals surface area contributed by atoms with E-state index in [9.17, 15) is 0 Å². The van der Waals surface area contributed by atoms with Gasteiger partial charge in [0, 0.05) is 23.5 Å². The van der Waals surface area contributed by atoms with Gasteiger partial charge >= 0.3 is 0 Å². The Morgan fingerprint density at radius 1 is 1.13 bits per heavy atom. The van der Waals surface area contributed by atoms with E-state index in [0.717, 1.165) is 43.0 Å². The quantitative estimate of drug-likeness (QED) is 0.779. The summed E-state index contributed by atoms with van der Waals surface area (Å²) in [6.45, 7) is 10.9. The highest BCUT2D eigenvalue weighted by atomic mass is 16.3. The molecule has 2 aromatic heterocycles. The third-order valence-electron chi connectivity index (χ3n) is 4.52. The molecule has 2 aromatic rings. The minimum absolute atomic E-state index is 0.126. The van der Waals surface area contributed by atoms with Gasteiger partial charge in [0.15, 0.2) is 0 Å². The van der Waals surface area contributed by atoms with Gasteiger partial charge in [-0.3, -0.25) is 9.78 Å². The summed E-state index contributed by atoms with van der Waals surface area (Å²) in [6, 6.07) is 0. The zero-order valence-corrected chi connectivity index (χ0v) is 15.0. The van der Waals surface area contributed by atoms with Crippen molar-refractivity contribution >= 4 is 0 Å². The van der Waals surface area contributed by atoms with Crippen molar-refractivity contribution in [3.05, 3.63) is 33.9 Å². The van der Waals surface area contributed by atoms with Crippen LogP contribution in [0.25, 0.3) is 0 Å². The molecule has 0 fully saturated rings. The molecule has 0 radical (unpaired) electrons.